The topological polar surface area (TPSA) is 72.8 Å². The highest BCUT2D eigenvalue weighted by Gasteiger charge is 2.08. The molecule has 2 aromatic carbocycles. The number of benzene rings is 2. The molecule has 1 aromatic heterocycles. The number of nitrogens with one attached hydrogen (secondary N) is 3. The average Bonchev–Trinajstić information content (AvgIpc) is 2.69. The minimum atomic E-state index is 0.539. The Bertz CT molecular complexity index is 1110. The van der Waals surface area contributed by atoms with Gasteiger partial charge in [0, 0.05) is 24.2 Å². The summed E-state index contributed by atoms with van der Waals surface area (Å²) in [5.41, 5.74) is 7.20. The minimum absolute atomic E-state index is 0.539. The van der Waals surface area contributed by atoms with Crippen molar-refractivity contribution < 1.29 is 0 Å². The van der Waals surface area contributed by atoms with Crippen LogP contribution in [0.15, 0.2) is 36.4 Å². The van der Waals surface area contributed by atoms with Gasteiger partial charge in [0.05, 0.1) is 11.1 Å². The van der Waals surface area contributed by atoms with Gasteiger partial charge >= 0.3 is 0 Å². The zero-order valence-electron chi connectivity index (χ0n) is 17.2. The molecule has 0 radical (unpaired) electrons. The van der Waals surface area contributed by atoms with Gasteiger partial charge in [-0.2, -0.15) is 5.26 Å². The van der Waals surface area contributed by atoms with Gasteiger partial charge in [0.15, 0.2) is 5.11 Å². The summed E-state index contributed by atoms with van der Waals surface area (Å²) >= 11 is 5.39. The average molecular weight is 404 g/mol. The molecule has 0 aliphatic rings. The van der Waals surface area contributed by atoms with Gasteiger partial charge in [-0.25, -0.2) is 4.98 Å². The molecule has 29 heavy (non-hydrogen) atoms. The third kappa shape index (κ3) is 4.82. The van der Waals surface area contributed by atoms with E-state index < -0.39 is 0 Å². The smallest absolute Gasteiger partial charge is 0.170 e. The molecule has 6 heteroatoms. The first kappa shape index (κ1) is 20.6. The Hall–Kier alpha value is -3.17. The molecule has 0 saturated carbocycles. The van der Waals surface area contributed by atoms with E-state index in [-0.39, 0.29) is 0 Å². The lowest BCUT2D eigenvalue weighted by Gasteiger charge is -2.14. The van der Waals surface area contributed by atoms with Gasteiger partial charge in [0.25, 0.3) is 0 Å². The van der Waals surface area contributed by atoms with Crippen molar-refractivity contribution in [2.45, 2.75) is 27.7 Å². The Morgan fingerprint density at radius 1 is 1.03 bits per heavy atom. The van der Waals surface area contributed by atoms with Gasteiger partial charge in [-0.05, 0) is 86.4 Å². The summed E-state index contributed by atoms with van der Waals surface area (Å²) in [4.78, 5) is 4.64. The van der Waals surface area contributed by atoms with Crippen molar-refractivity contribution in [1.29, 1.82) is 5.26 Å². The fourth-order valence-corrected chi connectivity index (χ4v) is 3.28. The van der Waals surface area contributed by atoms with Crippen LogP contribution in [0.2, 0.25) is 0 Å². The highest BCUT2D eigenvalue weighted by molar-refractivity contribution is 7.80. The number of hydrogen-bond donors (Lipinski definition) is 3. The van der Waals surface area contributed by atoms with Gasteiger partial charge < -0.3 is 16.0 Å². The van der Waals surface area contributed by atoms with Crippen molar-refractivity contribution in [2.24, 2.45) is 0 Å². The molecule has 3 N–H and O–H groups in total. The third-order valence-corrected chi connectivity index (χ3v) is 5.35. The van der Waals surface area contributed by atoms with Gasteiger partial charge in [-0.3, -0.25) is 0 Å². The summed E-state index contributed by atoms with van der Waals surface area (Å²) in [7, 11) is 0. The van der Waals surface area contributed by atoms with Crippen molar-refractivity contribution in [2.75, 3.05) is 23.7 Å². The number of anilines is 2. The molecule has 0 bridgehead atoms. The first-order chi connectivity index (χ1) is 13.9. The van der Waals surface area contributed by atoms with Crippen LogP contribution in [-0.4, -0.2) is 23.2 Å². The molecule has 3 rings (SSSR count). The lowest BCUT2D eigenvalue weighted by atomic mass is 10.0. The lowest BCUT2D eigenvalue weighted by molar-refractivity contribution is 0.911. The first-order valence-corrected chi connectivity index (χ1v) is 9.97. The maximum atomic E-state index is 9.48. The van der Waals surface area contributed by atoms with Crippen molar-refractivity contribution in [3.05, 3.63) is 64.2 Å². The van der Waals surface area contributed by atoms with E-state index in [1.54, 1.807) is 0 Å². The SMILES string of the molecule is Cc1cc2cc(C#N)c(NCCNC(=S)Nc3cccc(C)c3C)nc2cc1C. The summed E-state index contributed by atoms with van der Waals surface area (Å²) in [6, 6.07) is 14.3. The van der Waals surface area contributed by atoms with Crippen LogP contribution >= 0.6 is 12.2 Å². The highest BCUT2D eigenvalue weighted by atomic mass is 32.1. The summed E-state index contributed by atoms with van der Waals surface area (Å²) in [6.07, 6.45) is 0. The van der Waals surface area contributed by atoms with Crippen molar-refractivity contribution >= 4 is 39.7 Å². The van der Waals surface area contributed by atoms with Crippen molar-refractivity contribution in [3.8, 4) is 6.07 Å². The van der Waals surface area contributed by atoms with Crippen LogP contribution in [0.5, 0.6) is 0 Å². The molecule has 0 unspecified atom stereocenters. The number of nitrogens with zero attached hydrogens (tertiary/aromatic N) is 2. The normalized spacial score (nSPS) is 10.4. The van der Waals surface area contributed by atoms with E-state index >= 15 is 0 Å². The molecule has 0 atom stereocenters. The molecular formula is C23H25N5S. The minimum Gasteiger partial charge on any atom is -0.367 e. The predicted octanol–water partition coefficient (Wildman–Crippen LogP) is 4.74. The number of rotatable bonds is 5. The Balaban J connectivity index is 1.60. The van der Waals surface area contributed by atoms with E-state index in [2.05, 4.69) is 72.9 Å². The molecule has 0 saturated heterocycles. The molecule has 3 aromatic rings. The molecule has 0 amide bonds. The lowest BCUT2D eigenvalue weighted by Crippen LogP contribution is -2.32. The highest BCUT2D eigenvalue weighted by Crippen LogP contribution is 2.23. The number of fused-ring (bicyclic) bond motifs is 1. The second-order valence-electron chi connectivity index (χ2n) is 7.18. The fraction of sp³-hybridized carbons (Fsp3) is 0.261. The Morgan fingerprint density at radius 3 is 2.55 bits per heavy atom. The maximum absolute atomic E-state index is 9.48. The molecule has 0 aliphatic carbocycles. The van der Waals surface area contributed by atoms with Gasteiger partial charge in [-0.1, -0.05) is 12.1 Å². The molecule has 0 spiro atoms. The summed E-state index contributed by atoms with van der Waals surface area (Å²) in [5, 5.41) is 20.7. The Kier molecular flexibility index (Phi) is 6.30. The third-order valence-electron chi connectivity index (χ3n) is 5.11. The standard InChI is InChI=1S/C23H25N5S/c1-14-6-5-7-20(17(14)4)28-23(29)26-9-8-25-22-19(13-24)12-18-10-15(2)16(3)11-21(18)27-22/h5-7,10-12H,8-9H2,1-4H3,(H,25,27)(H2,26,28,29). The second kappa shape index (κ2) is 8.89. The second-order valence-corrected chi connectivity index (χ2v) is 7.59. The van der Waals surface area contributed by atoms with Crippen LogP contribution in [0.1, 0.15) is 27.8 Å². The van der Waals surface area contributed by atoms with E-state index in [0.717, 1.165) is 16.6 Å². The summed E-state index contributed by atoms with van der Waals surface area (Å²) in [5.74, 6) is 0.596. The van der Waals surface area contributed by atoms with E-state index in [9.17, 15) is 5.26 Å². The van der Waals surface area contributed by atoms with Crippen molar-refractivity contribution in [1.82, 2.24) is 10.3 Å². The van der Waals surface area contributed by atoms with E-state index in [4.69, 9.17) is 12.2 Å². The molecular weight excluding hydrogens is 378 g/mol. The summed E-state index contributed by atoms with van der Waals surface area (Å²) < 4.78 is 0. The number of hydrogen-bond acceptors (Lipinski definition) is 4. The molecule has 5 nitrogen and oxygen atoms in total. The van der Waals surface area contributed by atoms with Crippen LogP contribution in [0, 0.1) is 39.0 Å². The zero-order valence-corrected chi connectivity index (χ0v) is 18.0. The van der Waals surface area contributed by atoms with Crippen LogP contribution in [0.25, 0.3) is 10.9 Å². The van der Waals surface area contributed by atoms with E-state index in [0.29, 0.717) is 29.6 Å². The Morgan fingerprint density at radius 2 is 1.79 bits per heavy atom. The van der Waals surface area contributed by atoms with Crippen molar-refractivity contribution in [3.63, 3.8) is 0 Å². The predicted molar refractivity (Wildman–Crippen MR) is 125 cm³/mol. The molecule has 1 heterocycles. The molecule has 0 fully saturated rings. The number of aromatic nitrogens is 1. The number of aryl methyl sites for hydroxylation is 3. The largest absolute Gasteiger partial charge is 0.367 e. The van der Waals surface area contributed by atoms with Crippen LogP contribution in [-0.2, 0) is 0 Å². The monoisotopic (exact) mass is 403 g/mol. The number of nitriles is 1. The van der Waals surface area contributed by atoms with Crippen LogP contribution < -0.4 is 16.0 Å². The summed E-state index contributed by atoms with van der Waals surface area (Å²) in [6.45, 7) is 9.47. The van der Waals surface area contributed by atoms with Gasteiger partial charge in [0.2, 0.25) is 0 Å². The quantitative estimate of drug-likeness (QED) is 0.422. The molecule has 0 aliphatic heterocycles. The Labute approximate surface area is 177 Å². The number of thiocarbonyl (C=S) groups is 1. The number of pyridine rings is 1. The van der Waals surface area contributed by atoms with Crippen LogP contribution in [0.4, 0.5) is 11.5 Å². The first-order valence-electron chi connectivity index (χ1n) is 9.56. The maximum Gasteiger partial charge on any atom is 0.170 e. The molecule has 148 valence electrons. The van der Waals surface area contributed by atoms with E-state index in [1.165, 1.54) is 22.3 Å². The van der Waals surface area contributed by atoms with Gasteiger partial charge in [0.1, 0.15) is 11.9 Å². The van der Waals surface area contributed by atoms with Crippen LogP contribution in [0.3, 0.4) is 0 Å². The van der Waals surface area contributed by atoms with Gasteiger partial charge in [-0.15, -0.1) is 0 Å². The van der Waals surface area contributed by atoms with E-state index in [1.807, 2.05) is 18.2 Å². The fourth-order valence-electron chi connectivity index (χ4n) is 3.07. The zero-order chi connectivity index (χ0) is 21.0.